The van der Waals surface area contributed by atoms with Crippen LogP contribution in [-0.4, -0.2) is 114 Å². The Hall–Kier alpha value is -4.65. The molecule has 18 nitrogen and oxygen atoms in total. The molecule has 276 valence electrons. The average molecular weight is 712 g/mol. The standard InChI is InChI=1S/C32H41NO17/c1-15(34)33-23-25(24(44-17(3)36)22(14-42-16(2)35)48-31(23)43-13-21-11-9-8-10-12-21)49-32(7)29(47-20(6)39)27(46-19(5)38)26(45-18(4)37)28(50-32)30(40)41/h8-12,22-29,31H,13-14H2,1-7H3,(H,33,34)(H,40,41)/t22-,23-,24+,25-,26+,27+,28+,29-,31-,32-/m1/s1. The Bertz CT molecular complexity index is 1420. The second-order valence-electron chi connectivity index (χ2n) is 11.6. The number of hydrogen-bond acceptors (Lipinski definition) is 16. The summed E-state index contributed by atoms with van der Waals surface area (Å²) in [7, 11) is 0. The molecule has 0 unspecified atom stereocenters. The van der Waals surface area contributed by atoms with Gasteiger partial charge in [0.05, 0.1) is 6.61 Å². The molecular formula is C32H41NO17. The second-order valence-corrected chi connectivity index (χ2v) is 11.6. The van der Waals surface area contributed by atoms with Gasteiger partial charge in [-0.15, -0.1) is 0 Å². The van der Waals surface area contributed by atoms with Crippen molar-refractivity contribution in [1.82, 2.24) is 5.32 Å². The van der Waals surface area contributed by atoms with E-state index < -0.39 is 109 Å². The zero-order valence-electron chi connectivity index (χ0n) is 28.5. The number of carbonyl (C=O) groups excluding carboxylic acids is 6. The molecule has 0 radical (unpaired) electrons. The molecule has 0 spiro atoms. The number of esters is 5. The van der Waals surface area contributed by atoms with Crippen LogP contribution >= 0.6 is 0 Å². The average Bonchev–Trinajstić information content (AvgIpc) is 3.00. The second kappa shape index (κ2) is 17.3. The number of carbonyl (C=O) groups is 7. The summed E-state index contributed by atoms with van der Waals surface area (Å²) in [6, 6.07) is 7.43. The van der Waals surface area contributed by atoms with Crippen molar-refractivity contribution in [3.8, 4) is 0 Å². The first-order valence-corrected chi connectivity index (χ1v) is 15.4. The van der Waals surface area contributed by atoms with Gasteiger partial charge < -0.3 is 53.1 Å². The molecule has 2 N–H and O–H groups in total. The molecule has 2 aliphatic heterocycles. The van der Waals surface area contributed by atoms with Crippen molar-refractivity contribution in [3.05, 3.63) is 35.9 Å². The first-order valence-electron chi connectivity index (χ1n) is 15.4. The molecule has 2 fully saturated rings. The molecule has 0 bridgehead atoms. The summed E-state index contributed by atoms with van der Waals surface area (Å²) >= 11 is 0. The molecule has 1 amide bonds. The quantitative estimate of drug-likeness (QED) is 0.207. The number of hydrogen-bond donors (Lipinski definition) is 2. The maximum absolute atomic E-state index is 12.6. The maximum atomic E-state index is 12.6. The van der Waals surface area contributed by atoms with E-state index in [1.807, 2.05) is 0 Å². The van der Waals surface area contributed by atoms with Crippen molar-refractivity contribution in [3.63, 3.8) is 0 Å². The van der Waals surface area contributed by atoms with Crippen LogP contribution in [0, 0.1) is 0 Å². The van der Waals surface area contributed by atoms with Gasteiger partial charge in [-0.05, 0) is 12.5 Å². The van der Waals surface area contributed by atoms with Crippen LogP contribution in [0.5, 0.6) is 0 Å². The zero-order valence-corrected chi connectivity index (χ0v) is 28.5. The zero-order chi connectivity index (χ0) is 37.3. The summed E-state index contributed by atoms with van der Waals surface area (Å²) in [6.45, 7) is 6.85. The van der Waals surface area contributed by atoms with Gasteiger partial charge in [-0.3, -0.25) is 28.8 Å². The summed E-state index contributed by atoms with van der Waals surface area (Å²) in [5.41, 5.74) is 0.691. The molecule has 18 heteroatoms. The number of rotatable bonds is 13. The molecule has 10 atom stereocenters. The van der Waals surface area contributed by atoms with Gasteiger partial charge in [-0.1, -0.05) is 30.3 Å². The Balaban J connectivity index is 2.22. The highest BCUT2D eigenvalue weighted by molar-refractivity contribution is 5.76. The fraction of sp³-hybridized carbons (Fsp3) is 0.594. The molecule has 1 aromatic carbocycles. The topological polar surface area (TPSA) is 235 Å². The van der Waals surface area contributed by atoms with Crippen LogP contribution < -0.4 is 5.32 Å². The number of carboxylic acids is 1. The minimum absolute atomic E-state index is 0.0731. The molecule has 2 aliphatic rings. The Morgan fingerprint density at radius 2 is 1.32 bits per heavy atom. The molecule has 1 aromatic rings. The first kappa shape index (κ1) is 39.8. The van der Waals surface area contributed by atoms with Crippen molar-refractivity contribution in [1.29, 1.82) is 0 Å². The van der Waals surface area contributed by atoms with Crippen molar-refractivity contribution >= 4 is 41.7 Å². The SMILES string of the molecule is CC(=O)N[C@H]1[C@H](OCc2ccccc2)O[C@H](COC(C)=O)[C@H](OC(C)=O)[C@@H]1O[C@]1(C)O[C@H](C(=O)O)[C@@H](OC(C)=O)[C@H](OC(C)=O)[C@H]1OC(C)=O. The lowest BCUT2D eigenvalue weighted by molar-refractivity contribution is -0.384. The van der Waals surface area contributed by atoms with Crippen LogP contribution in [0.15, 0.2) is 30.3 Å². The number of benzene rings is 1. The lowest BCUT2D eigenvalue weighted by atomic mass is 9.90. The van der Waals surface area contributed by atoms with Crippen molar-refractivity contribution in [2.24, 2.45) is 0 Å². The minimum Gasteiger partial charge on any atom is -0.479 e. The Kier molecular flexibility index (Phi) is 13.8. The van der Waals surface area contributed by atoms with Crippen molar-refractivity contribution < 1.29 is 81.3 Å². The Labute approximate surface area is 286 Å². The van der Waals surface area contributed by atoms with E-state index in [-0.39, 0.29) is 6.61 Å². The number of nitrogens with one attached hydrogen (secondary N) is 1. The minimum atomic E-state index is -2.43. The van der Waals surface area contributed by atoms with Crippen LogP contribution in [0.2, 0.25) is 0 Å². The lowest BCUT2D eigenvalue weighted by Crippen LogP contribution is -2.73. The van der Waals surface area contributed by atoms with E-state index in [9.17, 15) is 38.7 Å². The Morgan fingerprint density at radius 1 is 0.760 bits per heavy atom. The summed E-state index contributed by atoms with van der Waals surface area (Å²) in [6.07, 6.45) is -13.5. The molecule has 0 saturated carbocycles. The van der Waals surface area contributed by atoms with Gasteiger partial charge in [-0.2, -0.15) is 0 Å². The largest absolute Gasteiger partial charge is 0.479 e. The van der Waals surface area contributed by atoms with Crippen LogP contribution in [0.4, 0.5) is 0 Å². The van der Waals surface area contributed by atoms with E-state index in [1.165, 1.54) is 6.92 Å². The molecule has 3 rings (SSSR count). The third-order valence-corrected chi connectivity index (χ3v) is 7.34. The van der Waals surface area contributed by atoms with Gasteiger partial charge in [0.25, 0.3) is 0 Å². The molecule has 2 saturated heterocycles. The fourth-order valence-corrected chi connectivity index (χ4v) is 5.57. The van der Waals surface area contributed by atoms with Gasteiger partial charge in [0.1, 0.15) is 24.9 Å². The third kappa shape index (κ3) is 10.7. The summed E-state index contributed by atoms with van der Waals surface area (Å²) in [4.78, 5) is 86.2. The van der Waals surface area contributed by atoms with Gasteiger partial charge in [0.2, 0.25) is 11.7 Å². The molecule has 50 heavy (non-hydrogen) atoms. The van der Waals surface area contributed by atoms with E-state index in [1.54, 1.807) is 30.3 Å². The summed E-state index contributed by atoms with van der Waals surface area (Å²) < 4.78 is 51.4. The predicted octanol–water partition coefficient (Wildman–Crippen LogP) is 0.308. The van der Waals surface area contributed by atoms with Crippen LogP contribution in [0.25, 0.3) is 0 Å². The van der Waals surface area contributed by atoms with Crippen molar-refractivity contribution in [2.45, 2.75) is 116 Å². The highest BCUT2D eigenvalue weighted by Crippen LogP contribution is 2.40. The van der Waals surface area contributed by atoms with Crippen LogP contribution in [0.1, 0.15) is 54.0 Å². The van der Waals surface area contributed by atoms with Gasteiger partial charge in [-0.25, -0.2) is 4.79 Å². The highest BCUT2D eigenvalue weighted by atomic mass is 16.8. The van der Waals surface area contributed by atoms with E-state index in [2.05, 4.69) is 5.32 Å². The van der Waals surface area contributed by atoms with E-state index >= 15 is 0 Å². The van der Waals surface area contributed by atoms with E-state index in [4.69, 9.17) is 42.6 Å². The van der Waals surface area contributed by atoms with Gasteiger partial charge in [0.15, 0.2) is 36.8 Å². The lowest BCUT2D eigenvalue weighted by Gasteiger charge is -2.52. The van der Waals surface area contributed by atoms with Crippen LogP contribution in [-0.2, 0) is 82.8 Å². The predicted molar refractivity (Wildman–Crippen MR) is 162 cm³/mol. The Morgan fingerprint density at radius 3 is 1.84 bits per heavy atom. The molecule has 2 heterocycles. The fourth-order valence-electron chi connectivity index (χ4n) is 5.57. The smallest absolute Gasteiger partial charge is 0.337 e. The van der Waals surface area contributed by atoms with E-state index in [0.717, 1.165) is 41.5 Å². The van der Waals surface area contributed by atoms with Crippen LogP contribution in [0.3, 0.4) is 0 Å². The molecule has 0 aromatic heterocycles. The highest BCUT2D eigenvalue weighted by Gasteiger charge is 2.63. The number of carboxylic acid groups (broad SMARTS) is 1. The molecular weight excluding hydrogens is 670 g/mol. The third-order valence-electron chi connectivity index (χ3n) is 7.34. The summed E-state index contributed by atoms with van der Waals surface area (Å²) in [5.74, 6) is -9.28. The number of aliphatic carboxylic acids is 1. The maximum Gasteiger partial charge on any atom is 0.337 e. The first-order chi connectivity index (χ1) is 23.4. The number of amides is 1. The monoisotopic (exact) mass is 711 g/mol. The normalized spacial score (nSPS) is 30.6. The van der Waals surface area contributed by atoms with E-state index in [0.29, 0.717) is 5.56 Å². The van der Waals surface area contributed by atoms with Gasteiger partial charge in [0, 0.05) is 41.5 Å². The van der Waals surface area contributed by atoms with Crippen molar-refractivity contribution in [2.75, 3.05) is 6.61 Å². The van der Waals surface area contributed by atoms with Gasteiger partial charge >= 0.3 is 35.8 Å². The molecule has 0 aliphatic carbocycles. The summed E-state index contributed by atoms with van der Waals surface area (Å²) in [5, 5.41) is 12.8. The number of ether oxygens (including phenoxy) is 9.